The van der Waals surface area contributed by atoms with Crippen molar-refractivity contribution >= 4 is 6.09 Å². The summed E-state index contributed by atoms with van der Waals surface area (Å²) >= 11 is 0. The van der Waals surface area contributed by atoms with Gasteiger partial charge in [-0.05, 0) is 24.3 Å². The molecule has 0 aromatic heterocycles. The monoisotopic (exact) mass is 263 g/mol. The molecule has 4 nitrogen and oxygen atoms in total. The van der Waals surface area contributed by atoms with Crippen molar-refractivity contribution in [1.82, 2.24) is 5.32 Å². The number of hydrogen-bond donors (Lipinski definition) is 2. The zero-order chi connectivity index (χ0) is 13.5. The van der Waals surface area contributed by atoms with Crippen LogP contribution in [0.15, 0.2) is 30.3 Å². The molecule has 1 aliphatic carbocycles. The van der Waals surface area contributed by atoms with Crippen LogP contribution in [0.3, 0.4) is 0 Å². The van der Waals surface area contributed by atoms with Crippen LogP contribution in [0.25, 0.3) is 0 Å². The van der Waals surface area contributed by atoms with Crippen molar-refractivity contribution in [2.45, 2.75) is 38.3 Å². The summed E-state index contributed by atoms with van der Waals surface area (Å²) < 4.78 is 5.16. The summed E-state index contributed by atoms with van der Waals surface area (Å²) in [4.78, 5) is 11.7. The van der Waals surface area contributed by atoms with Gasteiger partial charge < -0.3 is 15.2 Å². The number of aliphatic hydroxyl groups is 1. The van der Waals surface area contributed by atoms with Crippen molar-refractivity contribution in [1.29, 1.82) is 0 Å². The molecular weight excluding hydrogens is 242 g/mol. The normalized spacial score (nSPS) is 17.1. The molecule has 0 aliphatic heterocycles. The molecule has 2 N–H and O–H groups in total. The topological polar surface area (TPSA) is 58.6 Å². The Kier molecular flexibility index (Phi) is 5.21. The van der Waals surface area contributed by atoms with Gasteiger partial charge in [0.05, 0.1) is 12.6 Å². The molecule has 1 saturated carbocycles. The van der Waals surface area contributed by atoms with E-state index in [1.54, 1.807) is 0 Å². The van der Waals surface area contributed by atoms with Gasteiger partial charge in [-0.15, -0.1) is 0 Å². The van der Waals surface area contributed by atoms with Crippen LogP contribution in [-0.2, 0) is 11.3 Å². The van der Waals surface area contributed by atoms with E-state index in [1.165, 1.54) is 12.8 Å². The van der Waals surface area contributed by atoms with E-state index in [0.717, 1.165) is 18.4 Å². The largest absolute Gasteiger partial charge is 0.445 e. The van der Waals surface area contributed by atoms with Crippen molar-refractivity contribution in [3.63, 3.8) is 0 Å². The molecule has 1 unspecified atom stereocenters. The number of alkyl carbamates (subject to hydrolysis) is 1. The van der Waals surface area contributed by atoms with E-state index in [9.17, 15) is 9.90 Å². The first-order valence-electron chi connectivity index (χ1n) is 6.87. The lowest BCUT2D eigenvalue weighted by Gasteiger charge is -2.22. The highest BCUT2D eigenvalue weighted by Gasteiger charge is 2.26. The zero-order valence-electron chi connectivity index (χ0n) is 11.0. The van der Waals surface area contributed by atoms with Gasteiger partial charge in [-0.25, -0.2) is 4.79 Å². The number of benzene rings is 1. The highest BCUT2D eigenvalue weighted by molar-refractivity contribution is 5.67. The van der Waals surface area contributed by atoms with Crippen LogP contribution in [0.5, 0.6) is 0 Å². The van der Waals surface area contributed by atoms with Crippen molar-refractivity contribution in [2.24, 2.45) is 5.92 Å². The summed E-state index contributed by atoms with van der Waals surface area (Å²) in [6, 6.07) is 9.38. The SMILES string of the molecule is O=C(NC(CO)C1CCCC1)OCc1ccccc1. The summed E-state index contributed by atoms with van der Waals surface area (Å²) in [6.07, 6.45) is 4.06. The van der Waals surface area contributed by atoms with Crippen LogP contribution >= 0.6 is 0 Å². The standard InChI is InChI=1S/C15H21NO3/c17-10-14(13-8-4-5-9-13)16-15(18)19-11-12-6-2-1-3-7-12/h1-3,6-7,13-14,17H,4-5,8-11H2,(H,16,18). The Morgan fingerprint density at radius 2 is 2.00 bits per heavy atom. The summed E-state index contributed by atoms with van der Waals surface area (Å²) in [6.45, 7) is 0.237. The fraction of sp³-hybridized carbons (Fsp3) is 0.533. The van der Waals surface area contributed by atoms with Crippen LogP contribution in [0.1, 0.15) is 31.2 Å². The summed E-state index contributed by atoms with van der Waals surface area (Å²) in [5.41, 5.74) is 0.957. The van der Waals surface area contributed by atoms with Gasteiger partial charge in [0.2, 0.25) is 0 Å². The molecule has 4 heteroatoms. The average molecular weight is 263 g/mol. The van der Waals surface area contributed by atoms with Crippen LogP contribution < -0.4 is 5.32 Å². The third-order valence-electron chi connectivity index (χ3n) is 3.68. The van der Waals surface area contributed by atoms with E-state index in [-0.39, 0.29) is 19.3 Å². The lowest BCUT2D eigenvalue weighted by Crippen LogP contribution is -2.42. The minimum absolute atomic E-state index is 0.0227. The van der Waals surface area contributed by atoms with Gasteiger partial charge >= 0.3 is 6.09 Å². The quantitative estimate of drug-likeness (QED) is 0.858. The summed E-state index contributed by atoms with van der Waals surface area (Å²) in [5.74, 6) is 0.384. The third kappa shape index (κ3) is 4.24. The second-order valence-electron chi connectivity index (χ2n) is 5.04. The molecule has 19 heavy (non-hydrogen) atoms. The lowest BCUT2D eigenvalue weighted by molar-refractivity contribution is 0.121. The molecule has 1 aromatic carbocycles. The van der Waals surface area contributed by atoms with Gasteiger partial charge in [0.1, 0.15) is 6.61 Å². The van der Waals surface area contributed by atoms with Crippen molar-refractivity contribution < 1.29 is 14.6 Å². The molecule has 0 saturated heterocycles. The Morgan fingerprint density at radius 3 is 2.63 bits per heavy atom. The number of carbonyl (C=O) groups excluding carboxylic acids is 1. The van der Waals surface area contributed by atoms with Crippen molar-refractivity contribution in [3.05, 3.63) is 35.9 Å². The molecule has 1 atom stereocenters. The van der Waals surface area contributed by atoms with Gasteiger partial charge in [0.25, 0.3) is 0 Å². The van der Waals surface area contributed by atoms with Gasteiger partial charge in [-0.3, -0.25) is 0 Å². The Labute approximate surface area is 113 Å². The van der Waals surface area contributed by atoms with Crippen LogP contribution in [0.4, 0.5) is 4.79 Å². The van der Waals surface area contributed by atoms with Crippen molar-refractivity contribution in [2.75, 3.05) is 6.61 Å². The molecular formula is C15H21NO3. The van der Waals surface area contributed by atoms with Crippen LogP contribution in [0, 0.1) is 5.92 Å². The predicted molar refractivity (Wildman–Crippen MR) is 72.6 cm³/mol. The number of carbonyl (C=O) groups is 1. The maximum atomic E-state index is 11.7. The zero-order valence-corrected chi connectivity index (χ0v) is 11.0. The molecule has 2 rings (SSSR count). The lowest BCUT2D eigenvalue weighted by atomic mass is 9.99. The molecule has 1 fully saturated rings. The molecule has 0 heterocycles. The number of rotatable bonds is 5. The number of nitrogens with one attached hydrogen (secondary N) is 1. The van der Waals surface area contributed by atoms with E-state index < -0.39 is 6.09 Å². The number of amides is 1. The second-order valence-corrected chi connectivity index (χ2v) is 5.04. The van der Waals surface area contributed by atoms with Crippen LogP contribution in [0.2, 0.25) is 0 Å². The minimum atomic E-state index is -0.449. The second kappa shape index (κ2) is 7.14. The molecule has 1 amide bonds. The fourth-order valence-corrected chi connectivity index (χ4v) is 2.59. The van der Waals surface area contributed by atoms with E-state index in [1.807, 2.05) is 30.3 Å². The van der Waals surface area contributed by atoms with E-state index in [4.69, 9.17) is 4.74 Å². The van der Waals surface area contributed by atoms with Crippen molar-refractivity contribution in [3.8, 4) is 0 Å². The first-order valence-corrected chi connectivity index (χ1v) is 6.87. The maximum Gasteiger partial charge on any atom is 0.407 e. The van der Waals surface area contributed by atoms with E-state index >= 15 is 0 Å². The van der Waals surface area contributed by atoms with Gasteiger partial charge in [0.15, 0.2) is 0 Å². The summed E-state index contributed by atoms with van der Waals surface area (Å²) in [7, 11) is 0. The number of hydrogen-bond acceptors (Lipinski definition) is 3. The Bertz CT molecular complexity index is 388. The molecule has 0 radical (unpaired) electrons. The molecule has 0 bridgehead atoms. The highest BCUT2D eigenvalue weighted by Crippen LogP contribution is 2.27. The number of aliphatic hydroxyl groups excluding tert-OH is 1. The molecule has 1 aliphatic rings. The predicted octanol–water partition coefficient (Wildman–Crippen LogP) is 2.46. The Hall–Kier alpha value is -1.55. The molecule has 1 aromatic rings. The van der Waals surface area contributed by atoms with Crippen LogP contribution in [-0.4, -0.2) is 23.8 Å². The molecule has 0 spiro atoms. The molecule has 104 valence electrons. The third-order valence-corrected chi connectivity index (χ3v) is 3.68. The number of ether oxygens (including phenoxy) is 1. The maximum absolute atomic E-state index is 11.7. The van der Waals surface area contributed by atoms with Gasteiger partial charge in [-0.2, -0.15) is 0 Å². The minimum Gasteiger partial charge on any atom is -0.445 e. The Balaban J connectivity index is 1.76. The fourth-order valence-electron chi connectivity index (χ4n) is 2.59. The van der Waals surface area contributed by atoms with Gasteiger partial charge in [0, 0.05) is 0 Å². The average Bonchev–Trinajstić information content (AvgIpc) is 2.97. The smallest absolute Gasteiger partial charge is 0.407 e. The van der Waals surface area contributed by atoms with Gasteiger partial charge in [-0.1, -0.05) is 43.2 Å². The van der Waals surface area contributed by atoms with E-state index in [0.29, 0.717) is 5.92 Å². The summed E-state index contributed by atoms with van der Waals surface area (Å²) in [5, 5.41) is 12.1. The Morgan fingerprint density at radius 1 is 1.32 bits per heavy atom. The first-order chi connectivity index (χ1) is 9.29. The first kappa shape index (κ1) is 13.9. The highest BCUT2D eigenvalue weighted by atomic mass is 16.5. The van der Waals surface area contributed by atoms with E-state index in [2.05, 4.69) is 5.32 Å².